The summed E-state index contributed by atoms with van der Waals surface area (Å²) in [6.45, 7) is 3.74. The number of aromatic nitrogens is 2. The van der Waals surface area contributed by atoms with E-state index in [2.05, 4.69) is 15.3 Å². The molecule has 2 aromatic rings. The molecule has 5 heteroatoms. The zero-order valence-electron chi connectivity index (χ0n) is 12.1. The molecule has 1 aromatic heterocycles. The highest BCUT2D eigenvalue weighted by Crippen LogP contribution is 2.13. The first kappa shape index (κ1) is 14.0. The van der Waals surface area contributed by atoms with Crippen LogP contribution in [0.3, 0.4) is 0 Å². The van der Waals surface area contributed by atoms with Gasteiger partial charge in [-0.25, -0.2) is 9.97 Å². The summed E-state index contributed by atoms with van der Waals surface area (Å²) in [5.74, 6) is 0.129. The Bertz CT molecular complexity index is 600. The Morgan fingerprint density at radius 3 is 2.10 bits per heavy atom. The number of anilines is 2. The lowest BCUT2D eigenvalue weighted by Crippen LogP contribution is -2.15. The lowest BCUT2D eigenvalue weighted by molar-refractivity contribution is 0.102. The van der Waals surface area contributed by atoms with E-state index in [0.29, 0.717) is 11.5 Å². The van der Waals surface area contributed by atoms with Crippen LogP contribution in [-0.2, 0) is 0 Å². The van der Waals surface area contributed by atoms with E-state index >= 15 is 0 Å². The maximum absolute atomic E-state index is 12.1. The Labute approximate surface area is 118 Å². The number of nitrogens with zero attached hydrogens (tertiary/aromatic N) is 3. The molecule has 0 bridgehead atoms. The number of hydrogen-bond donors (Lipinski definition) is 1. The normalized spacial score (nSPS) is 10.2. The highest BCUT2D eigenvalue weighted by atomic mass is 16.1. The van der Waals surface area contributed by atoms with Gasteiger partial charge >= 0.3 is 0 Å². The number of carbonyl (C=O) groups is 1. The molecule has 0 aliphatic rings. The molecule has 1 heterocycles. The van der Waals surface area contributed by atoms with Crippen LogP contribution in [0, 0.1) is 13.8 Å². The zero-order chi connectivity index (χ0) is 14.7. The Balaban J connectivity index is 2.15. The van der Waals surface area contributed by atoms with Crippen LogP contribution in [0.15, 0.2) is 30.3 Å². The molecule has 0 aliphatic carbocycles. The first-order valence-electron chi connectivity index (χ1n) is 6.37. The van der Waals surface area contributed by atoms with Crippen LogP contribution in [0.25, 0.3) is 0 Å². The predicted molar refractivity (Wildman–Crippen MR) is 80.2 cm³/mol. The second-order valence-corrected chi connectivity index (χ2v) is 4.87. The fourth-order valence-electron chi connectivity index (χ4n) is 1.87. The average molecular weight is 270 g/mol. The van der Waals surface area contributed by atoms with Crippen LogP contribution in [0.1, 0.15) is 21.7 Å². The van der Waals surface area contributed by atoms with Crippen molar-refractivity contribution in [2.75, 3.05) is 24.3 Å². The molecule has 1 N–H and O–H groups in total. The van der Waals surface area contributed by atoms with Gasteiger partial charge in [0.25, 0.3) is 5.91 Å². The van der Waals surface area contributed by atoms with Gasteiger partial charge in [-0.3, -0.25) is 10.1 Å². The number of rotatable bonds is 3. The topological polar surface area (TPSA) is 58.1 Å². The van der Waals surface area contributed by atoms with Crippen molar-refractivity contribution in [1.29, 1.82) is 0 Å². The summed E-state index contributed by atoms with van der Waals surface area (Å²) in [4.78, 5) is 22.5. The van der Waals surface area contributed by atoms with Crippen LogP contribution in [-0.4, -0.2) is 30.0 Å². The van der Waals surface area contributed by atoms with Gasteiger partial charge in [0.05, 0.1) is 0 Å². The maximum Gasteiger partial charge on any atom is 0.258 e. The summed E-state index contributed by atoms with van der Waals surface area (Å²) in [5.41, 5.74) is 3.29. The monoisotopic (exact) mass is 270 g/mol. The van der Waals surface area contributed by atoms with Crippen molar-refractivity contribution in [1.82, 2.24) is 9.97 Å². The maximum atomic E-state index is 12.1. The van der Waals surface area contributed by atoms with Crippen molar-refractivity contribution in [3.8, 4) is 0 Å². The van der Waals surface area contributed by atoms with Gasteiger partial charge in [-0.1, -0.05) is 0 Å². The molecular formula is C15H18N4O. The molecule has 0 unspecified atom stereocenters. The number of carbonyl (C=O) groups excluding carboxylic acids is 1. The summed E-state index contributed by atoms with van der Waals surface area (Å²) in [5, 5.41) is 2.71. The van der Waals surface area contributed by atoms with Crippen molar-refractivity contribution >= 4 is 17.5 Å². The van der Waals surface area contributed by atoms with Crippen LogP contribution in [0.2, 0.25) is 0 Å². The Kier molecular flexibility index (Phi) is 3.98. The first-order chi connectivity index (χ1) is 9.45. The SMILES string of the molecule is Cc1cc(C)nc(NC(=O)c2ccc(N(C)C)cc2)n1. The molecule has 104 valence electrons. The second kappa shape index (κ2) is 5.69. The summed E-state index contributed by atoms with van der Waals surface area (Å²) in [6.07, 6.45) is 0. The van der Waals surface area contributed by atoms with Crippen molar-refractivity contribution in [3.05, 3.63) is 47.3 Å². The molecule has 2 rings (SSSR count). The van der Waals surface area contributed by atoms with E-state index in [-0.39, 0.29) is 5.91 Å². The lowest BCUT2D eigenvalue weighted by atomic mass is 10.2. The average Bonchev–Trinajstić information content (AvgIpc) is 2.37. The van der Waals surface area contributed by atoms with E-state index < -0.39 is 0 Å². The fourth-order valence-corrected chi connectivity index (χ4v) is 1.87. The zero-order valence-corrected chi connectivity index (χ0v) is 12.1. The van der Waals surface area contributed by atoms with Gasteiger partial charge < -0.3 is 4.90 Å². The molecule has 0 saturated heterocycles. The number of amides is 1. The molecule has 0 saturated carbocycles. The number of aryl methyl sites for hydroxylation is 2. The van der Waals surface area contributed by atoms with Gasteiger partial charge in [-0.05, 0) is 44.2 Å². The molecule has 0 radical (unpaired) electrons. The third-order valence-corrected chi connectivity index (χ3v) is 2.85. The molecule has 0 spiro atoms. The third-order valence-electron chi connectivity index (χ3n) is 2.85. The second-order valence-electron chi connectivity index (χ2n) is 4.87. The minimum absolute atomic E-state index is 0.208. The van der Waals surface area contributed by atoms with E-state index in [1.54, 1.807) is 12.1 Å². The Morgan fingerprint density at radius 2 is 1.60 bits per heavy atom. The van der Waals surface area contributed by atoms with Crippen LogP contribution >= 0.6 is 0 Å². The van der Waals surface area contributed by atoms with E-state index in [1.165, 1.54) is 0 Å². The standard InChI is InChI=1S/C15H18N4O/c1-10-9-11(2)17-15(16-10)18-14(20)12-5-7-13(8-6-12)19(3)4/h5-9H,1-4H3,(H,16,17,18,20). The van der Waals surface area contributed by atoms with E-state index in [4.69, 9.17) is 0 Å². The van der Waals surface area contributed by atoms with Gasteiger partial charge in [0, 0.05) is 36.7 Å². The van der Waals surface area contributed by atoms with Crippen LogP contribution < -0.4 is 10.2 Å². The summed E-state index contributed by atoms with van der Waals surface area (Å²) in [6, 6.07) is 9.23. The van der Waals surface area contributed by atoms with Crippen LogP contribution in [0.4, 0.5) is 11.6 Å². The van der Waals surface area contributed by atoms with Gasteiger partial charge in [0.1, 0.15) is 0 Å². The van der Waals surface area contributed by atoms with Crippen LogP contribution in [0.5, 0.6) is 0 Å². The molecular weight excluding hydrogens is 252 g/mol. The Hall–Kier alpha value is -2.43. The quantitative estimate of drug-likeness (QED) is 0.930. The largest absolute Gasteiger partial charge is 0.378 e. The Morgan fingerprint density at radius 1 is 1.05 bits per heavy atom. The molecule has 0 fully saturated rings. The molecule has 1 aromatic carbocycles. The van der Waals surface area contributed by atoms with Gasteiger partial charge in [0.15, 0.2) is 0 Å². The van der Waals surface area contributed by atoms with Gasteiger partial charge in [-0.2, -0.15) is 0 Å². The van der Waals surface area contributed by atoms with Gasteiger partial charge in [-0.15, -0.1) is 0 Å². The van der Waals surface area contributed by atoms with Gasteiger partial charge in [0.2, 0.25) is 5.95 Å². The number of nitrogens with one attached hydrogen (secondary N) is 1. The summed E-state index contributed by atoms with van der Waals surface area (Å²) in [7, 11) is 3.91. The summed E-state index contributed by atoms with van der Waals surface area (Å²) >= 11 is 0. The van der Waals surface area contributed by atoms with E-state index in [0.717, 1.165) is 17.1 Å². The van der Waals surface area contributed by atoms with E-state index in [9.17, 15) is 4.79 Å². The molecule has 0 atom stereocenters. The minimum atomic E-state index is -0.208. The smallest absolute Gasteiger partial charge is 0.258 e. The molecule has 5 nitrogen and oxygen atoms in total. The van der Waals surface area contributed by atoms with Crippen molar-refractivity contribution in [2.24, 2.45) is 0 Å². The molecule has 0 aliphatic heterocycles. The molecule has 1 amide bonds. The predicted octanol–water partition coefficient (Wildman–Crippen LogP) is 2.41. The molecule has 20 heavy (non-hydrogen) atoms. The lowest BCUT2D eigenvalue weighted by Gasteiger charge is -2.12. The van der Waals surface area contributed by atoms with Crippen molar-refractivity contribution < 1.29 is 4.79 Å². The highest BCUT2D eigenvalue weighted by molar-refractivity contribution is 6.03. The first-order valence-corrected chi connectivity index (χ1v) is 6.37. The minimum Gasteiger partial charge on any atom is -0.378 e. The van der Waals surface area contributed by atoms with Crippen molar-refractivity contribution in [3.63, 3.8) is 0 Å². The number of hydrogen-bond acceptors (Lipinski definition) is 4. The third kappa shape index (κ3) is 3.32. The van der Waals surface area contributed by atoms with E-state index in [1.807, 2.05) is 51.0 Å². The van der Waals surface area contributed by atoms with Crippen molar-refractivity contribution in [2.45, 2.75) is 13.8 Å². The fraction of sp³-hybridized carbons (Fsp3) is 0.267. The number of benzene rings is 1. The summed E-state index contributed by atoms with van der Waals surface area (Å²) < 4.78 is 0. The highest BCUT2D eigenvalue weighted by Gasteiger charge is 2.08.